The van der Waals surface area contributed by atoms with E-state index in [1.54, 1.807) is 11.9 Å². The first kappa shape index (κ1) is 7.34. The van der Waals surface area contributed by atoms with Gasteiger partial charge in [-0.1, -0.05) is 0 Å². The third kappa shape index (κ3) is 1.39. The number of hydrogen-bond donors (Lipinski definition) is 2. The molecule has 0 saturated carbocycles. The highest BCUT2D eigenvalue weighted by atomic mass is 16.2. The van der Waals surface area contributed by atoms with Crippen LogP contribution in [-0.4, -0.2) is 37.6 Å². The molecule has 0 bridgehead atoms. The van der Waals surface area contributed by atoms with E-state index >= 15 is 0 Å². The molecule has 1 fully saturated rings. The van der Waals surface area contributed by atoms with Crippen LogP contribution in [0.25, 0.3) is 0 Å². The smallest absolute Gasteiger partial charge is 0.317 e. The number of rotatable bonds is 1. The van der Waals surface area contributed by atoms with Crippen molar-refractivity contribution in [3.63, 3.8) is 0 Å². The Balaban J connectivity index is 2.40. The Morgan fingerprint density at radius 3 is 3.10 bits per heavy atom. The van der Waals surface area contributed by atoms with Crippen LogP contribution in [0.4, 0.5) is 4.79 Å². The predicted octanol–water partition coefficient (Wildman–Crippen LogP) is -0.784. The van der Waals surface area contributed by atoms with Gasteiger partial charge >= 0.3 is 6.03 Å². The molecule has 4 heteroatoms. The quantitative estimate of drug-likeness (QED) is 0.505. The fourth-order valence-electron chi connectivity index (χ4n) is 1.06. The third-order valence-electron chi connectivity index (χ3n) is 1.75. The summed E-state index contributed by atoms with van der Waals surface area (Å²) in [6, 6.07) is 0.00435. The fourth-order valence-corrected chi connectivity index (χ4v) is 1.06. The zero-order valence-electron chi connectivity index (χ0n) is 6.13. The summed E-state index contributed by atoms with van der Waals surface area (Å²) in [5, 5.41) is 2.74. The molecule has 4 nitrogen and oxygen atoms in total. The van der Waals surface area contributed by atoms with Gasteiger partial charge in [-0.25, -0.2) is 4.79 Å². The zero-order valence-corrected chi connectivity index (χ0v) is 6.13. The van der Waals surface area contributed by atoms with E-state index in [-0.39, 0.29) is 6.03 Å². The largest absolute Gasteiger partial charge is 0.338 e. The lowest BCUT2D eigenvalue weighted by molar-refractivity contribution is 0.183. The number of amides is 2. The summed E-state index contributed by atoms with van der Waals surface area (Å²) in [5.41, 5.74) is 5.43. The summed E-state index contributed by atoms with van der Waals surface area (Å²) >= 11 is 0. The molecule has 1 heterocycles. The van der Waals surface area contributed by atoms with Gasteiger partial charge in [-0.2, -0.15) is 0 Å². The lowest BCUT2D eigenvalue weighted by Gasteiger charge is -2.29. The zero-order chi connectivity index (χ0) is 7.56. The van der Waals surface area contributed by atoms with E-state index < -0.39 is 0 Å². The Morgan fingerprint density at radius 2 is 2.60 bits per heavy atom. The normalized spacial score (nSPS) is 26.4. The van der Waals surface area contributed by atoms with Gasteiger partial charge in [0, 0.05) is 26.1 Å². The molecular weight excluding hydrogens is 130 g/mol. The number of carbonyl (C=O) groups excluding carboxylic acids is 1. The molecule has 10 heavy (non-hydrogen) atoms. The van der Waals surface area contributed by atoms with Crippen molar-refractivity contribution in [1.82, 2.24) is 10.2 Å². The van der Waals surface area contributed by atoms with Gasteiger partial charge in [0.2, 0.25) is 0 Å². The maximum absolute atomic E-state index is 10.8. The molecule has 2 amide bonds. The predicted molar refractivity (Wildman–Crippen MR) is 38.6 cm³/mol. The van der Waals surface area contributed by atoms with Crippen LogP contribution in [0.1, 0.15) is 0 Å². The lowest BCUT2D eigenvalue weighted by Crippen LogP contribution is -2.50. The first-order chi connectivity index (χ1) is 4.74. The van der Waals surface area contributed by atoms with Crippen LogP contribution in [0.2, 0.25) is 0 Å². The van der Waals surface area contributed by atoms with Crippen molar-refractivity contribution in [2.75, 3.05) is 26.7 Å². The van der Waals surface area contributed by atoms with Crippen LogP contribution in [-0.2, 0) is 0 Å². The van der Waals surface area contributed by atoms with Gasteiger partial charge in [-0.15, -0.1) is 0 Å². The van der Waals surface area contributed by atoms with Gasteiger partial charge < -0.3 is 16.0 Å². The summed E-state index contributed by atoms with van der Waals surface area (Å²) in [5.74, 6) is 0.419. The highest BCUT2D eigenvalue weighted by Gasteiger charge is 2.20. The molecule has 58 valence electrons. The maximum Gasteiger partial charge on any atom is 0.317 e. The van der Waals surface area contributed by atoms with Crippen LogP contribution < -0.4 is 11.1 Å². The van der Waals surface area contributed by atoms with E-state index in [4.69, 9.17) is 5.73 Å². The van der Waals surface area contributed by atoms with E-state index in [0.717, 1.165) is 13.1 Å². The Kier molecular flexibility index (Phi) is 2.11. The minimum absolute atomic E-state index is 0.00435. The van der Waals surface area contributed by atoms with Crippen molar-refractivity contribution in [2.24, 2.45) is 11.7 Å². The molecule has 1 aliphatic heterocycles. The molecule has 0 radical (unpaired) electrons. The highest BCUT2D eigenvalue weighted by Crippen LogP contribution is 2.01. The number of nitrogens with one attached hydrogen (secondary N) is 1. The molecule has 1 unspecified atom stereocenters. The van der Waals surface area contributed by atoms with Crippen LogP contribution >= 0.6 is 0 Å². The second-order valence-electron chi connectivity index (χ2n) is 2.67. The monoisotopic (exact) mass is 143 g/mol. The van der Waals surface area contributed by atoms with E-state index in [9.17, 15) is 4.79 Å². The van der Waals surface area contributed by atoms with Crippen LogP contribution in [0, 0.1) is 5.92 Å². The molecule has 0 aromatic carbocycles. The molecule has 0 aromatic rings. The van der Waals surface area contributed by atoms with E-state index in [1.807, 2.05) is 0 Å². The van der Waals surface area contributed by atoms with Gasteiger partial charge in [0.05, 0.1) is 0 Å². The Morgan fingerprint density at radius 1 is 1.90 bits per heavy atom. The fraction of sp³-hybridized carbons (Fsp3) is 0.833. The first-order valence-corrected chi connectivity index (χ1v) is 3.43. The van der Waals surface area contributed by atoms with Crippen LogP contribution in [0.15, 0.2) is 0 Å². The minimum Gasteiger partial charge on any atom is -0.338 e. The Bertz CT molecular complexity index is 137. The second kappa shape index (κ2) is 2.88. The van der Waals surface area contributed by atoms with Crippen molar-refractivity contribution < 1.29 is 4.79 Å². The minimum atomic E-state index is 0.00435. The maximum atomic E-state index is 10.8. The van der Waals surface area contributed by atoms with Crippen LogP contribution in [0.5, 0.6) is 0 Å². The molecule has 1 saturated heterocycles. The van der Waals surface area contributed by atoms with Gasteiger partial charge in [-0.05, 0) is 6.54 Å². The van der Waals surface area contributed by atoms with Gasteiger partial charge in [0.1, 0.15) is 0 Å². The molecule has 0 aromatic heterocycles. The standard InChI is InChI=1S/C6H13N3O/c1-9-4-5(2-7)3-8-6(9)10/h5H,2-4,7H2,1H3,(H,8,10). The molecule has 1 atom stereocenters. The SMILES string of the molecule is CN1CC(CN)CNC1=O. The van der Waals surface area contributed by atoms with Crippen molar-refractivity contribution in [3.05, 3.63) is 0 Å². The summed E-state index contributed by atoms with van der Waals surface area (Å²) < 4.78 is 0. The molecule has 0 aliphatic carbocycles. The average Bonchev–Trinajstić information content (AvgIpc) is 1.95. The summed E-state index contributed by atoms with van der Waals surface area (Å²) in [6.07, 6.45) is 0. The van der Waals surface area contributed by atoms with Crippen molar-refractivity contribution >= 4 is 6.03 Å². The van der Waals surface area contributed by atoms with Gasteiger partial charge in [-0.3, -0.25) is 0 Å². The number of nitrogens with two attached hydrogens (primary N) is 1. The lowest BCUT2D eigenvalue weighted by atomic mass is 10.1. The van der Waals surface area contributed by atoms with Gasteiger partial charge in [0.25, 0.3) is 0 Å². The van der Waals surface area contributed by atoms with E-state index in [1.165, 1.54) is 0 Å². The van der Waals surface area contributed by atoms with Gasteiger partial charge in [0.15, 0.2) is 0 Å². The summed E-state index contributed by atoms with van der Waals surface area (Å²) in [4.78, 5) is 12.5. The second-order valence-corrected chi connectivity index (χ2v) is 2.67. The number of nitrogens with zero attached hydrogens (tertiary/aromatic N) is 1. The summed E-state index contributed by atoms with van der Waals surface area (Å²) in [6.45, 7) is 2.15. The molecule has 1 aliphatic rings. The van der Waals surface area contributed by atoms with Crippen molar-refractivity contribution in [2.45, 2.75) is 0 Å². The summed E-state index contributed by atoms with van der Waals surface area (Å²) in [7, 11) is 1.77. The molecular formula is C6H13N3O. The number of carbonyl (C=O) groups is 1. The van der Waals surface area contributed by atoms with Crippen molar-refractivity contribution in [3.8, 4) is 0 Å². The number of urea groups is 1. The van der Waals surface area contributed by atoms with Crippen molar-refractivity contribution in [1.29, 1.82) is 0 Å². The third-order valence-corrected chi connectivity index (χ3v) is 1.75. The molecule has 1 rings (SSSR count). The Labute approximate surface area is 60.4 Å². The molecule has 3 N–H and O–H groups in total. The van der Waals surface area contributed by atoms with Crippen LogP contribution in [0.3, 0.4) is 0 Å². The first-order valence-electron chi connectivity index (χ1n) is 3.43. The highest BCUT2D eigenvalue weighted by molar-refractivity contribution is 5.74. The topological polar surface area (TPSA) is 58.4 Å². The van der Waals surface area contributed by atoms with E-state index in [2.05, 4.69) is 5.32 Å². The average molecular weight is 143 g/mol. The molecule has 0 spiro atoms. The number of hydrogen-bond acceptors (Lipinski definition) is 2. The van der Waals surface area contributed by atoms with E-state index in [0.29, 0.717) is 12.5 Å². The Hall–Kier alpha value is -0.770.